The molecule has 1 aliphatic rings. The number of imide groups is 1. The zero-order valence-corrected chi connectivity index (χ0v) is 15.3. The van der Waals surface area contributed by atoms with Gasteiger partial charge in [-0.25, -0.2) is 4.79 Å². The van der Waals surface area contributed by atoms with Gasteiger partial charge >= 0.3 is 5.97 Å². The number of carbonyl (C=O) groups excluding carboxylic acids is 3. The van der Waals surface area contributed by atoms with Crippen molar-refractivity contribution in [2.75, 3.05) is 7.11 Å². The van der Waals surface area contributed by atoms with Crippen molar-refractivity contribution in [3.05, 3.63) is 52.6 Å². The van der Waals surface area contributed by atoms with Gasteiger partial charge in [0, 0.05) is 11.6 Å². The van der Waals surface area contributed by atoms with Crippen LogP contribution in [-0.2, 0) is 14.3 Å². The van der Waals surface area contributed by atoms with Crippen molar-refractivity contribution < 1.29 is 23.5 Å². The first-order valence-corrected chi connectivity index (χ1v) is 8.72. The van der Waals surface area contributed by atoms with Crippen LogP contribution in [0.2, 0.25) is 0 Å². The summed E-state index contributed by atoms with van der Waals surface area (Å²) in [5.41, 5.74) is 1.10. The van der Waals surface area contributed by atoms with Crippen LogP contribution in [0, 0.1) is 11.3 Å². The van der Waals surface area contributed by atoms with E-state index in [1.807, 2.05) is 0 Å². The Hall–Kier alpha value is -3.31. The molecule has 1 aliphatic heterocycles. The third-order valence-corrected chi connectivity index (χ3v) is 4.85. The number of carbonyl (C=O) groups is 3. The van der Waals surface area contributed by atoms with Gasteiger partial charge in [0.1, 0.15) is 17.6 Å². The summed E-state index contributed by atoms with van der Waals surface area (Å²) < 4.78 is 10.3. The lowest BCUT2D eigenvalue weighted by atomic mass is 10.1. The highest BCUT2D eigenvalue weighted by Gasteiger charge is 2.41. The average molecular weight is 382 g/mol. The summed E-state index contributed by atoms with van der Waals surface area (Å²) in [6, 6.07) is 11.4. The number of hydrogen-bond donors (Lipinski definition) is 0. The Balaban J connectivity index is 1.87. The van der Waals surface area contributed by atoms with E-state index >= 15 is 0 Å². The molecule has 2 amide bonds. The minimum atomic E-state index is -1.01. The molecule has 2 aromatic rings. The number of methoxy groups -OCH3 is 1. The molecule has 1 unspecified atom stereocenters. The van der Waals surface area contributed by atoms with Gasteiger partial charge < -0.3 is 9.15 Å². The van der Waals surface area contributed by atoms with Crippen molar-refractivity contribution in [2.45, 2.75) is 13.0 Å². The van der Waals surface area contributed by atoms with Crippen LogP contribution in [0.15, 0.2) is 45.7 Å². The fraction of sp³-hybridized carbons (Fsp3) is 0.158. The van der Waals surface area contributed by atoms with E-state index in [9.17, 15) is 19.6 Å². The molecule has 27 heavy (non-hydrogen) atoms. The second-order valence-corrected chi connectivity index (χ2v) is 6.60. The number of ether oxygens (including phenoxy) is 1. The fourth-order valence-electron chi connectivity index (χ4n) is 2.59. The van der Waals surface area contributed by atoms with E-state index in [4.69, 9.17) is 4.42 Å². The molecule has 8 heteroatoms. The van der Waals surface area contributed by atoms with E-state index in [2.05, 4.69) is 10.8 Å². The van der Waals surface area contributed by atoms with Gasteiger partial charge in [0.25, 0.3) is 11.1 Å². The van der Waals surface area contributed by atoms with Crippen LogP contribution >= 0.6 is 11.8 Å². The molecule has 1 aromatic heterocycles. The minimum absolute atomic E-state index is 0.144. The second kappa shape index (κ2) is 7.51. The van der Waals surface area contributed by atoms with E-state index in [0.29, 0.717) is 22.6 Å². The highest BCUT2D eigenvalue weighted by atomic mass is 32.2. The third-order valence-electron chi connectivity index (χ3n) is 3.97. The number of amides is 2. The number of nitriles is 1. The molecule has 0 aliphatic carbocycles. The van der Waals surface area contributed by atoms with Crippen LogP contribution < -0.4 is 0 Å². The van der Waals surface area contributed by atoms with Crippen molar-refractivity contribution in [2.24, 2.45) is 0 Å². The van der Waals surface area contributed by atoms with Gasteiger partial charge in [-0.2, -0.15) is 5.26 Å². The van der Waals surface area contributed by atoms with Crippen molar-refractivity contribution in [3.63, 3.8) is 0 Å². The maximum Gasteiger partial charge on any atom is 0.328 e. The summed E-state index contributed by atoms with van der Waals surface area (Å²) in [6.07, 6.45) is 1.44. The number of benzene rings is 1. The van der Waals surface area contributed by atoms with E-state index in [0.717, 1.165) is 16.7 Å². The molecule has 136 valence electrons. The van der Waals surface area contributed by atoms with Crippen LogP contribution in [-0.4, -0.2) is 35.2 Å². The predicted molar refractivity (Wildman–Crippen MR) is 98.1 cm³/mol. The molecule has 0 spiro atoms. The van der Waals surface area contributed by atoms with Gasteiger partial charge in [0.2, 0.25) is 0 Å². The van der Waals surface area contributed by atoms with Crippen LogP contribution in [0.4, 0.5) is 4.79 Å². The largest absolute Gasteiger partial charge is 0.467 e. The third kappa shape index (κ3) is 3.50. The van der Waals surface area contributed by atoms with E-state index in [1.54, 1.807) is 36.4 Å². The molecule has 7 nitrogen and oxygen atoms in total. The van der Waals surface area contributed by atoms with E-state index in [1.165, 1.54) is 20.1 Å². The Morgan fingerprint density at radius 2 is 2.04 bits per heavy atom. The number of furan rings is 1. The van der Waals surface area contributed by atoms with E-state index < -0.39 is 23.2 Å². The average Bonchev–Trinajstić information content (AvgIpc) is 3.25. The van der Waals surface area contributed by atoms with Crippen molar-refractivity contribution in [1.82, 2.24) is 4.90 Å². The Labute approximate surface area is 159 Å². The Morgan fingerprint density at radius 1 is 1.30 bits per heavy atom. The van der Waals surface area contributed by atoms with Crippen molar-refractivity contribution in [1.29, 1.82) is 5.26 Å². The molecule has 1 aromatic carbocycles. The fourth-order valence-corrected chi connectivity index (χ4v) is 3.48. The van der Waals surface area contributed by atoms with Gasteiger partial charge in [-0.05, 0) is 43.0 Å². The molecule has 0 N–H and O–H groups in total. The maximum absolute atomic E-state index is 12.5. The highest BCUT2D eigenvalue weighted by molar-refractivity contribution is 8.18. The Bertz CT molecular complexity index is 1000. The number of thioether (sulfide) groups is 1. The summed E-state index contributed by atoms with van der Waals surface area (Å²) in [7, 11) is 1.19. The lowest BCUT2D eigenvalue weighted by molar-refractivity contribution is -0.148. The second-order valence-electron chi connectivity index (χ2n) is 5.61. The van der Waals surface area contributed by atoms with Gasteiger partial charge in [-0.3, -0.25) is 14.5 Å². The molecule has 3 rings (SSSR count). The van der Waals surface area contributed by atoms with Crippen LogP contribution in [0.3, 0.4) is 0 Å². The molecule has 0 bridgehead atoms. The molecule has 1 atom stereocenters. The first-order valence-electron chi connectivity index (χ1n) is 7.90. The Morgan fingerprint density at radius 3 is 2.74 bits per heavy atom. The predicted octanol–water partition coefficient (Wildman–Crippen LogP) is 3.42. The summed E-state index contributed by atoms with van der Waals surface area (Å²) in [5, 5.41) is 8.64. The zero-order valence-electron chi connectivity index (χ0n) is 14.5. The van der Waals surface area contributed by atoms with Crippen LogP contribution in [0.5, 0.6) is 0 Å². The summed E-state index contributed by atoms with van der Waals surface area (Å²) >= 11 is 0.724. The number of rotatable bonds is 4. The molecular formula is C19H14N2O5S. The monoisotopic (exact) mass is 382 g/mol. The van der Waals surface area contributed by atoms with E-state index in [-0.39, 0.29) is 4.91 Å². The van der Waals surface area contributed by atoms with Gasteiger partial charge in [-0.1, -0.05) is 12.1 Å². The smallest absolute Gasteiger partial charge is 0.328 e. The molecule has 1 saturated heterocycles. The van der Waals surface area contributed by atoms with Crippen molar-refractivity contribution in [3.8, 4) is 17.4 Å². The maximum atomic E-state index is 12.5. The summed E-state index contributed by atoms with van der Waals surface area (Å²) in [5.74, 6) is -0.431. The number of esters is 1. The summed E-state index contributed by atoms with van der Waals surface area (Å²) in [6.45, 7) is 1.43. The number of hydrogen-bond acceptors (Lipinski definition) is 7. The lowest BCUT2D eigenvalue weighted by Crippen LogP contribution is -2.42. The molecule has 0 radical (unpaired) electrons. The summed E-state index contributed by atoms with van der Waals surface area (Å²) in [4.78, 5) is 37.2. The quantitative estimate of drug-likeness (QED) is 0.590. The molecule has 2 heterocycles. The number of nitrogens with zero attached hydrogens (tertiary/aromatic N) is 2. The lowest BCUT2D eigenvalue weighted by Gasteiger charge is -2.18. The normalized spacial score (nSPS) is 16.5. The molecular weight excluding hydrogens is 368 g/mol. The first kappa shape index (κ1) is 18.5. The zero-order chi connectivity index (χ0) is 19.6. The first-order chi connectivity index (χ1) is 13.0. The van der Waals surface area contributed by atoms with Gasteiger partial charge in [-0.15, -0.1) is 0 Å². The Kier molecular flexibility index (Phi) is 5.14. The van der Waals surface area contributed by atoms with Crippen molar-refractivity contribution >= 4 is 35.0 Å². The standard InChI is InChI=1S/C19H14N2O5S/c1-11(18(23)25-2)21-17(22)16(27-19(21)24)9-13-7-8-15(26-13)14-6-4-3-5-12(14)10-20/h3-9,11H,1-2H3. The van der Waals surface area contributed by atoms with Gasteiger partial charge in [0.05, 0.1) is 23.6 Å². The SMILES string of the molecule is COC(=O)C(C)N1C(=O)SC(=Cc2ccc(-c3ccccc3C#N)o2)C1=O. The van der Waals surface area contributed by atoms with Crippen LogP contribution in [0.25, 0.3) is 17.4 Å². The topological polar surface area (TPSA) is 101 Å². The minimum Gasteiger partial charge on any atom is -0.467 e. The van der Waals surface area contributed by atoms with Gasteiger partial charge in [0.15, 0.2) is 0 Å². The van der Waals surface area contributed by atoms with Crippen LogP contribution in [0.1, 0.15) is 18.2 Å². The highest BCUT2D eigenvalue weighted by Crippen LogP contribution is 2.35. The molecule has 1 fully saturated rings. The molecule has 0 saturated carbocycles.